The van der Waals surface area contributed by atoms with E-state index in [1.165, 1.54) is 7.11 Å². The number of aryl methyl sites for hydroxylation is 2. The zero-order valence-electron chi connectivity index (χ0n) is 12.3. The van der Waals surface area contributed by atoms with Crippen molar-refractivity contribution >= 4 is 17.6 Å². The number of ether oxygens (including phenoxy) is 2. The normalized spacial score (nSPS) is 10.3. The molecule has 0 radical (unpaired) electrons. The average molecular weight is 305 g/mol. The lowest BCUT2D eigenvalue weighted by atomic mass is 10.1. The standard InChI is InChI=1S/C17H17ClO3/c1-11-4-7-16(15(18)8-11)21-10-13-6-5-12(2)14(9-13)17(19)20-3/h4-9H,10H2,1-3H3. The molecule has 2 rings (SSSR count). The van der Waals surface area contributed by atoms with Gasteiger partial charge in [0, 0.05) is 0 Å². The molecular weight excluding hydrogens is 288 g/mol. The van der Waals surface area contributed by atoms with Crippen LogP contribution in [-0.4, -0.2) is 13.1 Å². The molecule has 0 saturated carbocycles. The SMILES string of the molecule is COC(=O)c1cc(COc2ccc(C)cc2Cl)ccc1C. The molecule has 110 valence electrons. The van der Waals surface area contributed by atoms with Crippen molar-refractivity contribution in [2.75, 3.05) is 7.11 Å². The zero-order valence-corrected chi connectivity index (χ0v) is 13.0. The Morgan fingerprint density at radius 2 is 1.90 bits per heavy atom. The minimum absolute atomic E-state index is 0.340. The lowest BCUT2D eigenvalue weighted by molar-refractivity contribution is 0.0599. The maximum Gasteiger partial charge on any atom is 0.338 e. The van der Waals surface area contributed by atoms with E-state index in [0.717, 1.165) is 16.7 Å². The minimum Gasteiger partial charge on any atom is -0.487 e. The van der Waals surface area contributed by atoms with Gasteiger partial charge < -0.3 is 9.47 Å². The molecule has 21 heavy (non-hydrogen) atoms. The first-order valence-corrected chi connectivity index (χ1v) is 6.96. The Morgan fingerprint density at radius 3 is 2.57 bits per heavy atom. The molecule has 3 nitrogen and oxygen atoms in total. The van der Waals surface area contributed by atoms with Gasteiger partial charge in [-0.2, -0.15) is 0 Å². The number of hydrogen-bond donors (Lipinski definition) is 0. The van der Waals surface area contributed by atoms with Gasteiger partial charge in [-0.1, -0.05) is 29.8 Å². The van der Waals surface area contributed by atoms with Crippen LogP contribution in [0.1, 0.15) is 27.0 Å². The molecule has 0 fully saturated rings. The van der Waals surface area contributed by atoms with Crippen LogP contribution in [0.15, 0.2) is 36.4 Å². The third-order valence-electron chi connectivity index (χ3n) is 3.19. The highest BCUT2D eigenvalue weighted by molar-refractivity contribution is 6.32. The summed E-state index contributed by atoms with van der Waals surface area (Å²) < 4.78 is 10.5. The number of carbonyl (C=O) groups excluding carboxylic acids is 1. The lowest BCUT2D eigenvalue weighted by Gasteiger charge is -2.10. The topological polar surface area (TPSA) is 35.5 Å². The molecule has 0 aromatic heterocycles. The quantitative estimate of drug-likeness (QED) is 0.789. The van der Waals surface area contributed by atoms with Crippen molar-refractivity contribution in [3.8, 4) is 5.75 Å². The van der Waals surface area contributed by atoms with Crippen LogP contribution in [0, 0.1) is 13.8 Å². The molecule has 0 aliphatic rings. The van der Waals surface area contributed by atoms with Gasteiger partial charge >= 0.3 is 5.97 Å². The monoisotopic (exact) mass is 304 g/mol. The summed E-state index contributed by atoms with van der Waals surface area (Å²) in [4.78, 5) is 11.7. The van der Waals surface area contributed by atoms with Crippen molar-refractivity contribution in [2.45, 2.75) is 20.5 Å². The Kier molecular flexibility index (Phi) is 4.86. The van der Waals surface area contributed by atoms with Crippen LogP contribution in [0.25, 0.3) is 0 Å². The molecule has 0 aliphatic heterocycles. The Morgan fingerprint density at radius 1 is 1.14 bits per heavy atom. The summed E-state index contributed by atoms with van der Waals surface area (Å²) in [5, 5.41) is 0.579. The number of hydrogen-bond acceptors (Lipinski definition) is 3. The van der Waals surface area contributed by atoms with Crippen LogP contribution >= 0.6 is 11.6 Å². The van der Waals surface area contributed by atoms with Crippen LogP contribution in [0.2, 0.25) is 5.02 Å². The van der Waals surface area contributed by atoms with Crippen LogP contribution in [-0.2, 0) is 11.3 Å². The van der Waals surface area contributed by atoms with E-state index in [1.54, 1.807) is 6.07 Å². The summed E-state index contributed by atoms with van der Waals surface area (Å²) in [5.41, 5.74) is 3.39. The first kappa shape index (κ1) is 15.4. The van der Waals surface area contributed by atoms with Crippen molar-refractivity contribution < 1.29 is 14.3 Å². The van der Waals surface area contributed by atoms with E-state index in [4.69, 9.17) is 21.1 Å². The highest BCUT2D eigenvalue weighted by Gasteiger charge is 2.10. The fourth-order valence-electron chi connectivity index (χ4n) is 1.97. The zero-order chi connectivity index (χ0) is 15.4. The Balaban J connectivity index is 2.15. The van der Waals surface area contributed by atoms with Crippen molar-refractivity contribution in [3.05, 3.63) is 63.7 Å². The van der Waals surface area contributed by atoms with E-state index in [9.17, 15) is 4.79 Å². The summed E-state index contributed by atoms with van der Waals surface area (Å²) in [6, 6.07) is 11.2. The molecule has 0 heterocycles. The van der Waals surface area contributed by atoms with Crippen molar-refractivity contribution in [2.24, 2.45) is 0 Å². The molecule has 0 bridgehead atoms. The van der Waals surface area contributed by atoms with Crippen molar-refractivity contribution in [1.29, 1.82) is 0 Å². The van der Waals surface area contributed by atoms with Crippen LogP contribution < -0.4 is 4.74 Å². The number of methoxy groups -OCH3 is 1. The number of rotatable bonds is 4. The number of halogens is 1. The van der Waals surface area contributed by atoms with Gasteiger partial charge in [-0.25, -0.2) is 4.79 Å². The Labute approximate surface area is 129 Å². The number of benzene rings is 2. The van der Waals surface area contributed by atoms with Gasteiger partial charge in [-0.3, -0.25) is 0 Å². The minimum atomic E-state index is -0.345. The summed E-state index contributed by atoms with van der Waals surface area (Å²) >= 11 is 6.13. The van der Waals surface area contributed by atoms with E-state index in [-0.39, 0.29) is 5.97 Å². The smallest absolute Gasteiger partial charge is 0.338 e. The second-order valence-corrected chi connectivity index (χ2v) is 5.27. The summed E-state index contributed by atoms with van der Waals surface area (Å²) in [7, 11) is 1.37. The molecular formula is C17H17ClO3. The van der Waals surface area contributed by atoms with Crippen LogP contribution in [0.5, 0.6) is 5.75 Å². The third-order valence-corrected chi connectivity index (χ3v) is 3.48. The summed E-state index contributed by atoms with van der Waals surface area (Å²) in [6.07, 6.45) is 0. The van der Waals surface area contributed by atoms with E-state index < -0.39 is 0 Å². The van der Waals surface area contributed by atoms with Crippen LogP contribution in [0.3, 0.4) is 0 Å². The molecule has 2 aromatic carbocycles. The van der Waals surface area contributed by atoms with Crippen molar-refractivity contribution in [3.63, 3.8) is 0 Å². The van der Waals surface area contributed by atoms with E-state index in [2.05, 4.69) is 0 Å². The predicted octanol–water partition coefficient (Wildman–Crippen LogP) is 4.32. The average Bonchev–Trinajstić information content (AvgIpc) is 2.47. The van der Waals surface area contributed by atoms with Gasteiger partial charge in [-0.05, 0) is 48.7 Å². The van der Waals surface area contributed by atoms with Gasteiger partial charge in [0.15, 0.2) is 0 Å². The Hall–Kier alpha value is -2.00. The van der Waals surface area contributed by atoms with Crippen molar-refractivity contribution in [1.82, 2.24) is 0 Å². The van der Waals surface area contributed by atoms with E-state index >= 15 is 0 Å². The second kappa shape index (κ2) is 6.64. The molecule has 0 N–H and O–H groups in total. The highest BCUT2D eigenvalue weighted by Crippen LogP contribution is 2.26. The second-order valence-electron chi connectivity index (χ2n) is 4.86. The van der Waals surface area contributed by atoms with Gasteiger partial charge in [0.1, 0.15) is 12.4 Å². The molecule has 2 aromatic rings. The summed E-state index contributed by atoms with van der Waals surface area (Å²) in [5.74, 6) is 0.283. The van der Waals surface area contributed by atoms with Gasteiger partial charge in [0.25, 0.3) is 0 Å². The molecule has 0 aliphatic carbocycles. The maximum absolute atomic E-state index is 11.7. The number of esters is 1. The molecule has 0 unspecified atom stereocenters. The number of carbonyl (C=O) groups is 1. The van der Waals surface area contributed by atoms with Gasteiger partial charge in [0.2, 0.25) is 0 Å². The molecule has 0 saturated heterocycles. The predicted molar refractivity (Wildman–Crippen MR) is 83.0 cm³/mol. The molecule has 4 heteroatoms. The molecule has 0 amide bonds. The molecule has 0 atom stereocenters. The van der Waals surface area contributed by atoms with Crippen LogP contribution in [0.4, 0.5) is 0 Å². The Bertz CT molecular complexity index is 665. The molecule has 0 spiro atoms. The van der Waals surface area contributed by atoms with Gasteiger partial charge in [-0.15, -0.1) is 0 Å². The largest absolute Gasteiger partial charge is 0.487 e. The first-order valence-electron chi connectivity index (χ1n) is 6.58. The van der Waals surface area contributed by atoms with E-state index in [0.29, 0.717) is 22.9 Å². The third kappa shape index (κ3) is 3.76. The van der Waals surface area contributed by atoms with E-state index in [1.807, 2.05) is 44.2 Å². The fraction of sp³-hybridized carbons (Fsp3) is 0.235. The lowest BCUT2D eigenvalue weighted by Crippen LogP contribution is -2.05. The first-order chi connectivity index (χ1) is 10.0. The highest BCUT2D eigenvalue weighted by atomic mass is 35.5. The maximum atomic E-state index is 11.7. The van der Waals surface area contributed by atoms with Gasteiger partial charge in [0.05, 0.1) is 17.7 Å². The summed E-state index contributed by atoms with van der Waals surface area (Å²) in [6.45, 7) is 4.18. The fourth-order valence-corrected chi connectivity index (χ4v) is 2.26.